The van der Waals surface area contributed by atoms with Crippen LogP contribution < -0.4 is 5.32 Å². The lowest BCUT2D eigenvalue weighted by Crippen LogP contribution is -2.25. The molecule has 0 atom stereocenters. The number of hydrogen-bond acceptors (Lipinski definition) is 2. The van der Waals surface area contributed by atoms with Crippen molar-refractivity contribution in [1.29, 1.82) is 0 Å². The SMILES string of the molecule is Cc1ccncc1CNCC1(C2CC2)CC1. The number of aromatic nitrogens is 1. The Balaban J connectivity index is 1.52. The van der Waals surface area contributed by atoms with Gasteiger partial charge >= 0.3 is 0 Å². The van der Waals surface area contributed by atoms with E-state index in [0.717, 1.165) is 12.5 Å². The number of hydrogen-bond donors (Lipinski definition) is 1. The van der Waals surface area contributed by atoms with E-state index in [1.165, 1.54) is 43.4 Å². The lowest BCUT2D eigenvalue weighted by molar-refractivity contribution is 0.403. The van der Waals surface area contributed by atoms with Crippen LogP contribution in [0.5, 0.6) is 0 Å². The molecule has 86 valence electrons. The van der Waals surface area contributed by atoms with Crippen molar-refractivity contribution >= 4 is 0 Å². The zero-order valence-electron chi connectivity index (χ0n) is 10.00. The summed E-state index contributed by atoms with van der Waals surface area (Å²) in [6.07, 6.45) is 9.72. The molecule has 0 saturated heterocycles. The van der Waals surface area contributed by atoms with E-state index in [1.807, 2.05) is 12.4 Å². The highest BCUT2D eigenvalue weighted by Crippen LogP contribution is 2.60. The lowest BCUT2D eigenvalue weighted by Gasteiger charge is -2.15. The molecule has 0 spiro atoms. The van der Waals surface area contributed by atoms with Gasteiger partial charge in [0.05, 0.1) is 0 Å². The van der Waals surface area contributed by atoms with Crippen LogP contribution in [0.2, 0.25) is 0 Å². The third kappa shape index (κ3) is 1.99. The normalized spacial score (nSPS) is 22.1. The number of nitrogens with one attached hydrogen (secondary N) is 1. The zero-order chi connectivity index (χ0) is 11.0. The third-order valence-corrected chi connectivity index (χ3v) is 4.28. The standard InChI is InChI=1S/C14H20N2/c1-11-4-7-15-8-12(11)9-16-10-14(5-6-14)13-2-3-13/h4,7-8,13,16H,2-3,5-6,9-10H2,1H3. The number of nitrogens with zero attached hydrogens (tertiary/aromatic N) is 1. The van der Waals surface area contributed by atoms with Crippen LogP contribution >= 0.6 is 0 Å². The van der Waals surface area contributed by atoms with E-state index in [1.54, 1.807) is 0 Å². The Morgan fingerprint density at radius 2 is 2.25 bits per heavy atom. The van der Waals surface area contributed by atoms with Crippen molar-refractivity contribution in [2.75, 3.05) is 6.54 Å². The molecule has 0 bridgehead atoms. The molecule has 0 aromatic carbocycles. The van der Waals surface area contributed by atoms with Crippen LogP contribution in [0.1, 0.15) is 36.8 Å². The molecule has 0 radical (unpaired) electrons. The van der Waals surface area contributed by atoms with Gasteiger partial charge in [-0.15, -0.1) is 0 Å². The predicted octanol–water partition coefficient (Wildman–Crippen LogP) is 2.67. The van der Waals surface area contributed by atoms with Gasteiger partial charge in [0.15, 0.2) is 0 Å². The van der Waals surface area contributed by atoms with Gasteiger partial charge in [-0.05, 0) is 61.1 Å². The Bertz CT molecular complexity index is 378. The second kappa shape index (κ2) is 3.85. The van der Waals surface area contributed by atoms with Gasteiger partial charge in [-0.3, -0.25) is 4.98 Å². The predicted molar refractivity (Wildman–Crippen MR) is 65.1 cm³/mol. The van der Waals surface area contributed by atoms with Crippen LogP contribution in [0.25, 0.3) is 0 Å². The quantitative estimate of drug-likeness (QED) is 0.818. The van der Waals surface area contributed by atoms with Crippen LogP contribution in [0.3, 0.4) is 0 Å². The maximum Gasteiger partial charge on any atom is 0.0315 e. The summed E-state index contributed by atoms with van der Waals surface area (Å²) in [7, 11) is 0. The van der Waals surface area contributed by atoms with E-state index in [-0.39, 0.29) is 0 Å². The zero-order valence-corrected chi connectivity index (χ0v) is 10.00. The smallest absolute Gasteiger partial charge is 0.0315 e. The first kappa shape index (κ1) is 10.3. The summed E-state index contributed by atoms with van der Waals surface area (Å²) in [5, 5.41) is 3.63. The first-order chi connectivity index (χ1) is 7.80. The summed E-state index contributed by atoms with van der Waals surface area (Å²) in [6.45, 7) is 4.35. The highest BCUT2D eigenvalue weighted by molar-refractivity contribution is 5.21. The highest BCUT2D eigenvalue weighted by Gasteiger charge is 2.53. The fourth-order valence-electron chi connectivity index (χ4n) is 2.71. The van der Waals surface area contributed by atoms with Crippen LogP contribution in [0, 0.1) is 18.3 Å². The summed E-state index contributed by atoms with van der Waals surface area (Å²) in [5.74, 6) is 1.05. The number of aryl methyl sites for hydroxylation is 1. The molecular formula is C14H20N2. The summed E-state index contributed by atoms with van der Waals surface area (Å²) < 4.78 is 0. The minimum atomic E-state index is 0.704. The Labute approximate surface area is 97.5 Å². The molecule has 2 nitrogen and oxygen atoms in total. The molecule has 1 aromatic rings. The minimum absolute atomic E-state index is 0.704. The number of rotatable bonds is 5. The molecular weight excluding hydrogens is 196 g/mol. The van der Waals surface area contributed by atoms with Gasteiger partial charge in [0.2, 0.25) is 0 Å². The van der Waals surface area contributed by atoms with Gasteiger partial charge in [-0.2, -0.15) is 0 Å². The van der Waals surface area contributed by atoms with Gasteiger partial charge < -0.3 is 5.32 Å². The minimum Gasteiger partial charge on any atom is -0.312 e. The molecule has 16 heavy (non-hydrogen) atoms. The molecule has 0 amide bonds. The maximum atomic E-state index is 4.18. The second-order valence-corrected chi connectivity index (χ2v) is 5.54. The van der Waals surface area contributed by atoms with Crippen molar-refractivity contribution in [3.8, 4) is 0 Å². The Morgan fingerprint density at radius 1 is 1.44 bits per heavy atom. The second-order valence-electron chi connectivity index (χ2n) is 5.54. The molecule has 2 saturated carbocycles. The van der Waals surface area contributed by atoms with Gasteiger partial charge in [0.1, 0.15) is 0 Å². The van der Waals surface area contributed by atoms with Gasteiger partial charge in [0, 0.05) is 25.5 Å². The van der Waals surface area contributed by atoms with Crippen molar-refractivity contribution in [3.05, 3.63) is 29.6 Å². The summed E-state index contributed by atoms with van der Waals surface area (Å²) in [6, 6.07) is 2.09. The van der Waals surface area contributed by atoms with E-state index < -0.39 is 0 Å². The van der Waals surface area contributed by atoms with Crippen molar-refractivity contribution < 1.29 is 0 Å². The average molecular weight is 216 g/mol. The van der Waals surface area contributed by atoms with Crippen LogP contribution in [-0.4, -0.2) is 11.5 Å². The van der Waals surface area contributed by atoms with Gasteiger partial charge in [0.25, 0.3) is 0 Å². The molecule has 1 N–H and O–H groups in total. The molecule has 1 heterocycles. The van der Waals surface area contributed by atoms with E-state index in [0.29, 0.717) is 5.41 Å². The van der Waals surface area contributed by atoms with Crippen molar-refractivity contribution in [3.63, 3.8) is 0 Å². The number of pyridine rings is 1. The summed E-state index contributed by atoms with van der Waals surface area (Å²) in [4.78, 5) is 4.18. The van der Waals surface area contributed by atoms with E-state index >= 15 is 0 Å². The maximum absolute atomic E-state index is 4.18. The van der Waals surface area contributed by atoms with Crippen LogP contribution in [0.15, 0.2) is 18.5 Å². The van der Waals surface area contributed by atoms with E-state index in [2.05, 4.69) is 23.3 Å². The van der Waals surface area contributed by atoms with Crippen LogP contribution in [-0.2, 0) is 6.54 Å². The Hall–Kier alpha value is -0.890. The summed E-state index contributed by atoms with van der Waals surface area (Å²) >= 11 is 0. The fourth-order valence-corrected chi connectivity index (χ4v) is 2.71. The molecule has 2 aliphatic carbocycles. The molecule has 3 rings (SSSR count). The van der Waals surface area contributed by atoms with E-state index in [9.17, 15) is 0 Å². The molecule has 2 aliphatic rings. The van der Waals surface area contributed by atoms with Gasteiger partial charge in [-0.1, -0.05) is 0 Å². The molecule has 2 fully saturated rings. The lowest BCUT2D eigenvalue weighted by atomic mass is 10.0. The largest absolute Gasteiger partial charge is 0.312 e. The van der Waals surface area contributed by atoms with E-state index in [4.69, 9.17) is 0 Å². The monoisotopic (exact) mass is 216 g/mol. The summed E-state index contributed by atoms with van der Waals surface area (Å²) in [5.41, 5.74) is 3.39. The first-order valence-electron chi connectivity index (χ1n) is 6.40. The van der Waals surface area contributed by atoms with Crippen molar-refractivity contribution in [2.24, 2.45) is 11.3 Å². The average Bonchev–Trinajstić information content (AvgIpc) is 3.15. The first-order valence-corrected chi connectivity index (χ1v) is 6.40. The van der Waals surface area contributed by atoms with Crippen LogP contribution in [0.4, 0.5) is 0 Å². The van der Waals surface area contributed by atoms with Crippen molar-refractivity contribution in [2.45, 2.75) is 39.2 Å². The third-order valence-electron chi connectivity index (χ3n) is 4.28. The Morgan fingerprint density at radius 3 is 2.88 bits per heavy atom. The fraction of sp³-hybridized carbons (Fsp3) is 0.643. The Kier molecular flexibility index (Phi) is 2.47. The molecule has 1 aromatic heterocycles. The van der Waals surface area contributed by atoms with Gasteiger partial charge in [-0.25, -0.2) is 0 Å². The van der Waals surface area contributed by atoms with Crippen molar-refractivity contribution in [1.82, 2.24) is 10.3 Å². The molecule has 0 aliphatic heterocycles. The molecule has 2 heteroatoms. The topological polar surface area (TPSA) is 24.9 Å². The molecule has 0 unspecified atom stereocenters. The highest BCUT2D eigenvalue weighted by atomic mass is 14.9.